The van der Waals surface area contributed by atoms with Crippen LogP contribution in [-0.4, -0.2) is 64.5 Å². The largest absolute Gasteiger partial charge is 0.478 e. The Labute approximate surface area is 394 Å². The van der Waals surface area contributed by atoms with Gasteiger partial charge in [-0.1, -0.05) is 133 Å². The molecule has 0 radical (unpaired) electrons. The van der Waals surface area contributed by atoms with Crippen LogP contribution < -0.4 is 26.6 Å². The molecule has 5 amide bonds. The Balaban J connectivity index is 1.24. The molecule has 0 aromatic heterocycles. The number of ketones is 1. The number of aryl methyl sites for hydroxylation is 1. The summed E-state index contributed by atoms with van der Waals surface area (Å²) in [6, 6.07) is 45.0. The first-order valence-corrected chi connectivity index (χ1v) is 22.6. The summed E-state index contributed by atoms with van der Waals surface area (Å²) in [5.41, 5.74) is 5.62. The normalized spacial score (nSPS) is 18.5. The number of nitrogens with one attached hydrogen (secondary N) is 5. The zero-order valence-electron chi connectivity index (χ0n) is 37.4. The zero-order valence-corrected chi connectivity index (χ0v) is 37.4. The van der Waals surface area contributed by atoms with Crippen molar-refractivity contribution in [1.29, 1.82) is 0 Å². The summed E-state index contributed by atoms with van der Waals surface area (Å²) < 4.78 is 0. The molecule has 0 saturated carbocycles. The highest BCUT2D eigenvalue weighted by atomic mass is 16.4. The van der Waals surface area contributed by atoms with E-state index >= 15 is 0 Å². The van der Waals surface area contributed by atoms with E-state index in [1.807, 2.05) is 115 Å². The zero-order chi connectivity index (χ0) is 47.8. The number of rotatable bonds is 11. The lowest BCUT2D eigenvalue weighted by atomic mass is 9.89. The number of hydrogen-bond acceptors (Lipinski definition) is 7. The number of hydrogen-bond donors (Lipinski definition) is 6. The Bertz CT molecular complexity index is 2710. The summed E-state index contributed by atoms with van der Waals surface area (Å²) in [5.74, 6) is -5.43. The number of benzene rings is 6. The van der Waals surface area contributed by atoms with Gasteiger partial charge in [-0.2, -0.15) is 0 Å². The molecular weight excluding hydrogens is 859 g/mol. The molecule has 2 bridgehead atoms. The maximum absolute atomic E-state index is 14.8. The van der Waals surface area contributed by atoms with Gasteiger partial charge < -0.3 is 31.7 Å². The molecule has 0 fully saturated rings. The number of fused-ring (bicyclic) bond motifs is 18. The maximum atomic E-state index is 14.8. The molecule has 0 spiro atoms. The lowest BCUT2D eigenvalue weighted by Crippen LogP contribution is -2.57. The highest BCUT2D eigenvalue weighted by Crippen LogP contribution is 2.23. The van der Waals surface area contributed by atoms with Crippen molar-refractivity contribution in [3.63, 3.8) is 0 Å². The fourth-order valence-corrected chi connectivity index (χ4v) is 8.12. The van der Waals surface area contributed by atoms with Crippen LogP contribution in [0.25, 0.3) is 11.1 Å². The lowest BCUT2D eigenvalue weighted by Gasteiger charge is -2.26. The van der Waals surface area contributed by atoms with Crippen molar-refractivity contribution in [1.82, 2.24) is 16.0 Å². The van der Waals surface area contributed by atoms with E-state index in [1.165, 1.54) is 18.2 Å². The molecule has 346 valence electrons. The molecule has 13 heteroatoms. The fraction of sp³-hybridized carbons (Fsp3) is 0.218. The van der Waals surface area contributed by atoms with Gasteiger partial charge in [0.25, 0.3) is 0 Å². The molecule has 68 heavy (non-hydrogen) atoms. The minimum Gasteiger partial charge on any atom is -0.478 e. The second-order valence-electron chi connectivity index (χ2n) is 16.9. The van der Waals surface area contributed by atoms with E-state index in [4.69, 9.17) is 0 Å². The van der Waals surface area contributed by atoms with Gasteiger partial charge in [-0.3, -0.25) is 28.8 Å². The predicted octanol–water partition coefficient (Wildman–Crippen LogP) is 7.11. The van der Waals surface area contributed by atoms with Gasteiger partial charge in [0.2, 0.25) is 29.5 Å². The number of amides is 5. The van der Waals surface area contributed by atoms with Crippen LogP contribution in [-0.2, 0) is 54.5 Å². The van der Waals surface area contributed by atoms with Gasteiger partial charge in [0.05, 0.1) is 11.6 Å². The summed E-state index contributed by atoms with van der Waals surface area (Å²) in [4.78, 5) is 96.4. The number of aromatic carboxylic acids is 1. The Morgan fingerprint density at radius 2 is 1.12 bits per heavy atom. The quantitative estimate of drug-likeness (QED) is 0.0739. The monoisotopic (exact) mass is 911 g/mol. The summed E-state index contributed by atoms with van der Waals surface area (Å²) in [6.45, 7) is 0. The highest BCUT2D eigenvalue weighted by molar-refractivity contribution is 6.00. The molecular formula is C55H53N5O8. The number of carboxylic acids is 1. The third-order valence-electron chi connectivity index (χ3n) is 11.8. The second-order valence-corrected chi connectivity index (χ2v) is 16.9. The van der Waals surface area contributed by atoms with E-state index in [-0.39, 0.29) is 56.2 Å². The molecule has 6 N–H and O–H groups in total. The number of carboxylic acid groups (broad SMARTS) is 1. The second kappa shape index (κ2) is 23.3. The predicted molar refractivity (Wildman–Crippen MR) is 259 cm³/mol. The first-order chi connectivity index (χ1) is 32.9. The molecule has 8 rings (SSSR count). The van der Waals surface area contributed by atoms with Gasteiger partial charge >= 0.3 is 5.97 Å². The molecule has 0 aliphatic carbocycles. The Hall–Kier alpha value is -8.19. The third kappa shape index (κ3) is 13.9. The Morgan fingerprint density at radius 3 is 1.79 bits per heavy atom. The molecule has 4 atom stereocenters. The van der Waals surface area contributed by atoms with Crippen molar-refractivity contribution in [3.05, 3.63) is 192 Å². The highest BCUT2D eigenvalue weighted by Gasteiger charge is 2.33. The first-order valence-electron chi connectivity index (χ1n) is 22.6. The molecule has 2 heterocycles. The van der Waals surface area contributed by atoms with E-state index in [9.17, 15) is 38.7 Å². The van der Waals surface area contributed by atoms with Crippen LogP contribution >= 0.6 is 0 Å². The smallest absolute Gasteiger partial charge is 0.335 e. The van der Waals surface area contributed by atoms with Crippen molar-refractivity contribution in [2.24, 2.45) is 5.92 Å². The molecule has 13 nitrogen and oxygen atoms in total. The molecule has 6 aromatic rings. The Morgan fingerprint density at radius 1 is 0.544 bits per heavy atom. The van der Waals surface area contributed by atoms with Gasteiger partial charge in [0, 0.05) is 43.0 Å². The number of carbonyl (C=O) groups excluding carboxylic acids is 6. The van der Waals surface area contributed by atoms with Crippen molar-refractivity contribution in [2.75, 3.05) is 10.6 Å². The third-order valence-corrected chi connectivity index (χ3v) is 11.8. The van der Waals surface area contributed by atoms with Crippen LogP contribution in [0, 0.1) is 5.92 Å². The molecule has 6 aromatic carbocycles. The standard InChI is InChI=1S/C55H53N5O8/c61-49-35-43(52(64)57-45-18-10-17-42(34-45)55(67)68)31-38-21-26-44(27-22-38)56-50(62)29-30-51(63)58-46(28-23-36-11-4-1-5-12-36)53(65)60-48(54(66)59-47(49)32-37-13-6-2-7-14-37)33-39-19-24-41(25-20-39)40-15-8-3-9-16-40/h1-22,24-27,34,43,46-48H,23,28-33,35H2,(H,56,62)(H,57,64)(H,58,63)(H,59,66)(H,60,65)(H,67,68)/t43-,46-,47-,48+/m1/s1. The van der Waals surface area contributed by atoms with Gasteiger partial charge in [-0.15, -0.1) is 0 Å². The van der Waals surface area contributed by atoms with Gasteiger partial charge in [0.15, 0.2) is 5.78 Å². The van der Waals surface area contributed by atoms with Gasteiger partial charge in [-0.05, 0) is 89.4 Å². The van der Waals surface area contributed by atoms with E-state index in [0.29, 0.717) is 23.2 Å². The van der Waals surface area contributed by atoms with Crippen LogP contribution in [0.15, 0.2) is 164 Å². The minimum absolute atomic E-state index is 0.0225. The van der Waals surface area contributed by atoms with Crippen molar-refractivity contribution in [3.8, 4) is 11.1 Å². The lowest BCUT2D eigenvalue weighted by molar-refractivity contribution is -0.134. The van der Waals surface area contributed by atoms with Crippen molar-refractivity contribution < 1.29 is 38.7 Å². The Kier molecular flexibility index (Phi) is 16.4. The van der Waals surface area contributed by atoms with Crippen LogP contribution in [0.5, 0.6) is 0 Å². The van der Waals surface area contributed by atoms with E-state index < -0.39 is 65.3 Å². The molecule has 0 unspecified atom stereocenters. The maximum Gasteiger partial charge on any atom is 0.335 e. The summed E-state index contributed by atoms with van der Waals surface area (Å²) >= 11 is 0. The van der Waals surface area contributed by atoms with Crippen molar-refractivity contribution >= 4 is 52.7 Å². The van der Waals surface area contributed by atoms with E-state index in [2.05, 4.69) is 26.6 Å². The average Bonchev–Trinajstić information content (AvgIpc) is 3.35. The van der Waals surface area contributed by atoms with Crippen LogP contribution in [0.1, 0.15) is 58.3 Å². The van der Waals surface area contributed by atoms with Crippen LogP contribution in [0.2, 0.25) is 0 Å². The summed E-state index contributed by atoms with van der Waals surface area (Å²) in [7, 11) is 0. The molecule has 0 saturated heterocycles. The van der Waals surface area contributed by atoms with E-state index in [0.717, 1.165) is 22.3 Å². The van der Waals surface area contributed by atoms with E-state index in [1.54, 1.807) is 30.3 Å². The molecule has 2 aliphatic heterocycles. The fourth-order valence-electron chi connectivity index (χ4n) is 8.12. The number of anilines is 2. The summed E-state index contributed by atoms with van der Waals surface area (Å²) in [6.07, 6.45) is 0.0316. The SMILES string of the molecule is O=C1CCC(=O)N[C@H](CCc2ccccc2)C(=O)N[C@@H](Cc2ccc(-c3ccccc3)cc2)C(=O)N[C@H](Cc2ccccc2)C(=O)C[C@H](C(=O)Nc2cccc(C(=O)O)c2)Cc2ccc(cc2)N1. The number of Topliss-reactive ketones (excluding diaryl/α,β-unsaturated/α-hetero) is 1. The molecule has 2 aliphatic rings. The van der Waals surface area contributed by atoms with Crippen molar-refractivity contribution in [2.45, 2.75) is 69.5 Å². The summed E-state index contributed by atoms with van der Waals surface area (Å²) in [5, 5.41) is 23.9. The van der Waals surface area contributed by atoms with Gasteiger partial charge in [-0.25, -0.2) is 4.79 Å². The first kappa shape index (κ1) is 47.8. The average molecular weight is 912 g/mol. The number of carbonyl (C=O) groups is 7. The minimum atomic E-state index is -1.23. The topological polar surface area (TPSA) is 200 Å². The van der Waals surface area contributed by atoms with Crippen LogP contribution in [0.4, 0.5) is 11.4 Å². The van der Waals surface area contributed by atoms with Crippen LogP contribution in [0.3, 0.4) is 0 Å². The van der Waals surface area contributed by atoms with Gasteiger partial charge in [0.1, 0.15) is 12.1 Å².